The summed E-state index contributed by atoms with van der Waals surface area (Å²) in [5.74, 6) is 1.55. The number of benzene rings is 2. The van der Waals surface area contributed by atoms with Crippen LogP contribution in [0, 0.1) is 13.8 Å². The van der Waals surface area contributed by atoms with Crippen LogP contribution in [0.25, 0.3) is 0 Å². The van der Waals surface area contributed by atoms with Crippen molar-refractivity contribution in [3.63, 3.8) is 0 Å². The number of rotatable bonds is 5. The Morgan fingerprint density at radius 2 is 1.81 bits per heavy atom. The first-order valence-electron chi connectivity index (χ1n) is 7.22. The van der Waals surface area contributed by atoms with Crippen molar-refractivity contribution >= 4 is 11.6 Å². The molecular formula is C18H22ClNO. The fourth-order valence-corrected chi connectivity index (χ4v) is 2.24. The topological polar surface area (TPSA) is 21.3 Å². The first-order chi connectivity index (χ1) is 9.95. The van der Waals surface area contributed by atoms with Gasteiger partial charge in [0.2, 0.25) is 0 Å². The lowest BCUT2D eigenvalue weighted by Crippen LogP contribution is -2.21. The normalized spacial score (nSPS) is 11.0. The van der Waals surface area contributed by atoms with Crippen LogP contribution in [0.3, 0.4) is 0 Å². The van der Waals surface area contributed by atoms with Crippen LogP contribution in [0.2, 0.25) is 5.02 Å². The van der Waals surface area contributed by atoms with Gasteiger partial charge < -0.3 is 10.1 Å². The van der Waals surface area contributed by atoms with Gasteiger partial charge in [-0.15, -0.1) is 0 Å². The third-order valence-electron chi connectivity index (χ3n) is 3.27. The molecule has 2 rings (SSSR count). The second-order valence-corrected chi connectivity index (χ2v) is 6.08. The van der Waals surface area contributed by atoms with Crippen LogP contribution in [0.15, 0.2) is 36.4 Å². The van der Waals surface area contributed by atoms with E-state index in [2.05, 4.69) is 38.2 Å². The molecule has 0 radical (unpaired) electrons. The van der Waals surface area contributed by atoms with Crippen molar-refractivity contribution in [2.45, 2.75) is 40.3 Å². The van der Waals surface area contributed by atoms with Gasteiger partial charge in [-0.25, -0.2) is 0 Å². The molecule has 21 heavy (non-hydrogen) atoms. The molecule has 2 aromatic rings. The van der Waals surface area contributed by atoms with Crippen LogP contribution in [0.5, 0.6) is 11.5 Å². The summed E-state index contributed by atoms with van der Waals surface area (Å²) in [6.07, 6.45) is 0. The Balaban J connectivity index is 2.15. The molecular weight excluding hydrogens is 282 g/mol. The molecule has 0 saturated heterocycles. The van der Waals surface area contributed by atoms with Crippen molar-refractivity contribution in [1.82, 2.24) is 5.32 Å². The van der Waals surface area contributed by atoms with Gasteiger partial charge in [-0.3, -0.25) is 0 Å². The lowest BCUT2D eigenvalue weighted by Gasteiger charge is -2.13. The molecule has 0 fully saturated rings. The highest BCUT2D eigenvalue weighted by atomic mass is 35.5. The Morgan fingerprint density at radius 3 is 2.48 bits per heavy atom. The molecule has 0 atom stereocenters. The van der Waals surface area contributed by atoms with E-state index in [4.69, 9.17) is 16.3 Å². The minimum atomic E-state index is 0.453. The highest BCUT2D eigenvalue weighted by Crippen LogP contribution is 2.32. The molecule has 0 aliphatic rings. The van der Waals surface area contributed by atoms with Gasteiger partial charge in [0.05, 0.1) is 5.02 Å². The Kier molecular flexibility index (Phi) is 5.27. The standard InChI is InChI=1S/C18H22ClNO/c1-12(2)20-11-15-7-8-17(16(19)10-15)21-18-9-13(3)5-6-14(18)4/h5-10,12,20H,11H2,1-4H3. The molecule has 0 unspecified atom stereocenters. The largest absolute Gasteiger partial charge is 0.456 e. The summed E-state index contributed by atoms with van der Waals surface area (Å²) in [4.78, 5) is 0. The minimum Gasteiger partial charge on any atom is -0.456 e. The second kappa shape index (κ2) is 6.97. The zero-order valence-corrected chi connectivity index (χ0v) is 13.8. The maximum Gasteiger partial charge on any atom is 0.146 e. The molecule has 0 spiro atoms. The average molecular weight is 304 g/mol. The molecule has 2 aromatic carbocycles. The maximum absolute atomic E-state index is 6.33. The molecule has 0 aromatic heterocycles. The van der Waals surface area contributed by atoms with Gasteiger partial charge in [-0.1, -0.05) is 43.6 Å². The number of hydrogen-bond donors (Lipinski definition) is 1. The third kappa shape index (κ3) is 4.48. The van der Waals surface area contributed by atoms with Crippen LogP contribution < -0.4 is 10.1 Å². The lowest BCUT2D eigenvalue weighted by molar-refractivity contribution is 0.478. The van der Waals surface area contributed by atoms with Crippen LogP contribution in [0.1, 0.15) is 30.5 Å². The first-order valence-corrected chi connectivity index (χ1v) is 7.60. The first kappa shape index (κ1) is 15.9. The molecule has 0 heterocycles. The maximum atomic E-state index is 6.33. The van der Waals surface area contributed by atoms with Crippen molar-refractivity contribution in [3.05, 3.63) is 58.1 Å². The van der Waals surface area contributed by atoms with Crippen molar-refractivity contribution < 1.29 is 4.74 Å². The number of halogens is 1. The summed E-state index contributed by atoms with van der Waals surface area (Å²) < 4.78 is 5.95. The highest BCUT2D eigenvalue weighted by molar-refractivity contribution is 6.32. The Labute approximate surface area is 132 Å². The van der Waals surface area contributed by atoms with Gasteiger partial charge in [0.25, 0.3) is 0 Å². The van der Waals surface area contributed by atoms with E-state index < -0.39 is 0 Å². The van der Waals surface area contributed by atoms with Gasteiger partial charge in [-0.05, 0) is 48.7 Å². The summed E-state index contributed by atoms with van der Waals surface area (Å²) in [7, 11) is 0. The van der Waals surface area contributed by atoms with Crippen LogP contribution in [-0.2, 0) is 6.54 Å². The zero-order valence-electron chi connectivity index (χ0n) is 13.0. The van der Waals surface area contributed by atoms with E-state index in [1.54, 1.807) is 0 Å². The molecule has 0 bridgehead atoms. The molecule has 3 heteroatoms. The molecule has 2 nitrogen and oxygen atoms in total. The van der Waals surface area contributed by atoms with E-state index in [1.165, 1.54) is 5.56 Å². The van der Waals surface area contributed by atoms with E-state index in [-0.39, 0.29) is 0 Å². The highest BCUT2D eigenvalue weighted by Gasteiger charge is 2.07. The minimum absolute atomic E-state index is 0.453. The van der Waals surface area contributed by atoms with Gasteiger partial charge >= 0.3 is 0 Å². The van der Waals surface area contributed by atoms with Gasteiger partial charge in [-0.2, -0.15) is 0 Å². The lowest BCUT2D eigenvalue weighted by atomic mass is 10.1. The average Bonchev–Trinajstić information content (AvgIpc) is 2.43. The van der Waals surface area contributed by atoms with E-state index in [0.717, 1.165) is 23.4 Å². The molecule has 0 saturated carbocycles. The van der Waals surface area contributed by atoms with E-state index in [1.807, 2.05) is 31.2 Å². The van der Waals surface area contributed by atoms with Gasteiger partial charge in [0, 0.05) is 12.6 Å². The molecule has 0 aliphatic carbocycles. The van der Waals surface area contributed by atoms with Crippen molar-refractivity contribution in [2.24, 2.45) is 0 Å². The third-order valence-corrected chi connectivity index (χ3v) is 3.57. The molecule has 112 valence electrons. The smallest absolute Gasteiger partial charge is 0.146 e. The summed E-state index contributed by atoms with van der Waals surface area (Å²) in [6, 6.07) is 12.5. The van der Waals surface area contributed by atoms with E-state index >= 15 is 0 Å². The fourth-order valence-electron chi connectivity index (χ4n) is 1.99. The monoisotopic (exact) mass is 303 g/mol. The number of hydrogen-bond acceptors (Lipinski definition) is 2. The van der Waals surface area contributed by atoms with Gasteiger partial charge in [0.1, 0.15) is 11.5 Å². The predicted molar refractivity (Wildman–Crippen MR) is 89.4 cm³/mol. The van der Waals surface area contributed by atoms with E-state index in [9.17, 15) is 0 Å². The Hall–Kier alpha value is -1.51. The van der Waals surface area contributed by atoms with Crippen LogP contribution in [0.4, 0.5) is 0 Å². The van der Waals surface area contributed by atoms with Crippen molar-refractivity contribution in [3.8, 4) is 11.5 Å². The Morgan fingerprint density at radius 1 is 1.05 bits per heavy atom. The van der Waals surface area contributed by atoms with Gasteiger partial charge in [0.15, 0.2) is 0 Å². The SMILES string of the molecule is Cc1ccc(C)c(Oc2ccc(CNC(C)C)cc2Cl)c1. The number of aryl methyl sites for hydroxylation is 2. The summed E-state index contributed by atoms with van der Waals surface area (Å²) in [5.41, 5.74) is 3.42. The number of nitrogens with one attached hydrogen (secondary N) is 1. The fraction of sp³-hybridized carbons (Fsp3) is 0.333. The van der Waals surface area contributed by atoms with Crippen molar-refractivity contribution in [1.29, 1.82) is 0 Å². The molecule has 0 amide bonds. The summed E-state index contributed by atoms with van der Waals surface area (Å²) in [6.45, 7) is 9.14. The predicted octanol–water partition coefficient (Wildman–Crippen LogP) is 5.25. The number of ether oxygens (including phenoxy) is 1. The quantitative estimate of drug-likeness (QED) is 0.815. The second-order valence-electron chi connectivity index (χ2n) is 5.67. The Bertz CT molecular complexity index is 623. The van der Waals surface area contributed by atoms with Crippen LogP contribution in [-0.4, -0.2) is 6.04 Å². The zero-order chi connectivity index (χ0) is 15.4. The summed E-state index contributed by atoms with van der Waals surface area (Å²) >= 11 is 6.33. The molecule has 1 N–H and O–H groups in total. The molecule has 0 aliphatic heterocycles. The van der Waals surface area contributed by atoms with Crippen molar-refractivity contribution in [2.75, 3.05) is 0 Å². The van der Waals surface area contributed by atoms with Crippen LogP contribution >= 0.6 is 11.6 Å². The summed E-state index contributed by atoms with van der Waals surface area (Å²) in [5, 5.41) is 4.01. The van der Waals surface area contributed by atoms with E-state index in [0.29, 0.717) is 16.8 Å².